The first kappa shape index (κ1) is 9.53. The van der Waals surface area contributed by atoms with Gasteiger partial charge in [0.25, 0.3) is 0 Å². The predicted molar refractivity (Wildman–Crippen MR) is 58.2 cm³/mol. The first-order chi connectivity index (χ1) is 5.66. The number of benzene rings is 1. The van der Waals surface area contributed by atoms with Crippen LogP contribution in [0, 0.1) is 0 Å². The first-order valence-electron chi connectivity index (χ1n) is 4.10. The van der Waals surface area contributed by atoms with E-state index in [2.05, 4.69) is 41.6 Å². The summed E-state index contributed by atoms with van der Waals surface area (Å²) in [6.45, 7) is 8.16. The van der Waals surface area contributed by atoms with E-state index < -0.39 is 0 Å². The molecule has 0 nitrogen and oxygen atoms in total. The predicted octanol–water partition coefficient (Wildman–Crippen LogP) is 4.04. The molecule has 0 unspecified atom stereocenters. The van der Waals surface area contributed by atoms with Crippen LogP contribution in [0.4, 0.5) is 0 Å². The van der Waals surface area contributed by atoms with Gasteiger partial charge in [0.15, 0.2) is 0 Å². The van der Waals surface area contributed by atoms with Crippen LogP contribution in [0.5, 0.6) is 0 Å². The summed E-state index contributed by atoms with van der Waals surface area (Å²) in [7, 11) is 0. The molecule has 0 fully saturated rings. The third kappa shape index (κ3) is 1.78. The van der Waals surface area contributed by atoms with Gasteiger partial charge in [-0.1, -0.05) is 47.1 Å². The highest BCUT2D eigenvalue weighted by atomic mass is 79.9. The Morgan fingerprint density at radius 2 is 2.17 bits per heavy atom. The van der Waals surface area contributed by atoms with Gasteiger partial charge in [-0.15, -0.1) is 0 Å². The van der Waals surface area contributed by atoms with Gasteiger partial charge in [-0.05, 0) is 30.5 Å². The normalized spacial score (nSPS) is 9.92. The fraction of sp³-hybridized carbons (Fsp3) is 0.273. The van der Waals surface area contributed by atoms with Gasteiger partial charge in [-0.25, -0.2) is 0 Å². The second-order valence-corrected chi connectivity index (χ2v) is 3.75. The van der Waals surface area contributed by atoms with Crippen LogP contribution in [0.2, 0.25) is 0 Å². The minimum atomic E-state index is 1.05. The van der Waals surface area contributed by atoms with E-state index >= 15 is 0 Å². The van der Waals surface area contributed by atoms with Crippen molar-refractivity contribution in [3.63, 3.8) is 0 Å². The Labute approximate surface area is 82.4 Å². The Morgan fingerprint density at radius 3 is 2.58 bits per heavy atom. The second-order valence-electron chi connectivity index (χ2n) is 2.90. The van der Waals surface area contributed by atoms with Crippen molar-refractivity contribution in [2.75, 3.05) is 0 Å². The lowest BCUT2D eigenvalue weighted by Gasteiger charge is -2.08. The third-order valence-corrected chi connectivity index (χ3v) is 2.68. The van der Waals surface area contributed by atoms with Gasteiger partial charge in [0, 0.05) is 4.47 Å². The molecule has 0 amide bonds. The van der Waals surface area contributed by atoms with Crippen LogP contribution in [0.15, 0.2) is 29.3 Å². The molecule has 0 spiro atoms. The Morgan fingerprint density at radius 1 is 1.50 bits per heavy atom. The van der Waals surface area contributed by atoms with E-state index in [-0.39, 0.29) is 0 Å². The highest BCUT2D eigenvalue weighted by Gasteiger charge is 2.03. The minimum Gasteiger partial charge on any atom is -0.0955 e. The summed E-state index contributed by atoms with van der Waals surface area (Å²) in [5, 5.41) is 0. The molecule has 0 N–H and O–H groups in total. The molecule has 0 aromatic heterocycles. The zero-order valence-corrected chi connectivity index (χ0v) is 9.11. The lowest BCUT2D eigenvalue weighted by Crippen LogP contribution is -1.90. The van der Waals surface area contributed by atoms with Crippen molar-refractivity contribution in [3.05, 3.63) is 40.4 Å². The standard InChI is InChI=1S/C11H13Br/c1-4-9-10(8(2)3)6-5-7-11(9)12/h5-7H,2,4H2,1,3H3. The summed E-state index contributed by atoms with van der Waals surface area (Å²) in [6, 6.07) is 6.24. The van der Waals surface area contributed by atoms with E-state index in [1.165, 1.54) is 15.6 Å². The number of hydrogen-bond donors (Lipinski definition) is 0. The maximum absolute atomic E-state index is 3.95. The summed E-state index contributed by atoms with van der Waals surface area (Å²) >= 11 is 3.53. The van der Waals surface area contributed by atoms with Crippen molar-refractivity contribution in [3.8, 4) is 0 Å². The van der Waals surface area contributed by atoms with Crippen molar-refractivity contribution >= 4 is 21.5 Å². The zero-order chi connectivity index (χ0) is 9.14. The lowest BCUT2D eigenvalue weighted by molar-refractivity contribution is 1.11. The molecule has 0 saturated carbocycles. The summed E-state index contributed by atoms with van der Waals surface area (Å²) in [5.41, 5.74) is 3.75. The van der Waals surface area contributed by atoms with Crippen LogP contribution < -0.4 is 0 Å². The van der Waals surface area contributed by atoms with Crippen molar-refractivity contribution < 1.29 is 0 Å². The number of allylic oxidation sites excluding steroid dienone is 1. The van der Waals surface area contributed by atoms with Gasteiger partial charge >= 0.3 is 0 Å². The van der Waals surface area contributed by atoms with Crippen LogP contribution in [0.25, 0.3) is 5.57 Å². The SMILES string of the molecule is C=C(C)c1cccc(Br)c1CC. The lowest BCUT2D eigenvalue weighted by atomic mass is 10.0. The van der Waals surface area contributed by atoms with E-state index in [4.69, 9.17) is 0 Å². The average Bonchev–Trinajstić information content (AvgIpc) is 2.03. The van der Waals surface area contributed by atoms with Gasteiger partial charge in [0.2, 0.25) is 0 Å². The zero-order valence-electron chi connectivity index (χ0n) is 7.52. The van der Waals surface area contributed by atoms with Crippen molar-refractivity contribution in [1.29, 1.82) is 0 Å². The molecule has 0 heterocycles. The molecule has 1 aromatic carbocycles. The second kappa shape index (κ2) is 3.90. The molecule has 0 bridgehead atoms. The molecule has 0 aliphatic rings. The van der Waals surface area contributed by atoms with Crippen LogP contribution in [0.3, 0.4) is 0 Å². The molecular formula is C11H13Br. The maximum atomic E-state index is 3.95. The topological polar surface area (TPSA) is 0 Å². The van der Waals surface area contributed by atoms with Gasteiger partial charge in [-0.3, -0.25) is 0 Å². The molecule has 1 rings (SSSR count). The largest absolute Gasteiger partial charge is 0.0955 e. The fourth-order valence-corrected chi connectivity index (χ4v) is 1.96. The van der Waals surface area contributed by atoms with Crippen molar-refractivity contribution in [1.82, 2.24) is 0 Å². The van der Waals surface area contributed by atoms with Gasteiger partial charge in [0.1, 0.15) is 0 Å². The number of hydrogen-bond acceptors (Lipinski definition) is 0. The summed E-state index contributed by atoms with van der Waals surface area (Å²) in [4.78, 5) is 0. The minimum absolute atomic E-state index is 1.05. The summed E-state index contributed by atoms with van der Waals surface area (Å²) < 4.78 is 1.19. The van der Waals surface area contributed by atoms with Crippen LogP contribution in [-0.4, -0.2) is 0 Å². The van der Waals surface area contributed by atoms with E-state index in [0.717, 1.165) is 12.0 Å². The molecule has 0 saturated heterocycles. The monoisotopic (exact) mass is 224 g/mol. The number of rotatable bonds is 2. The van der Waals surface area contributed by atoms with E-state index in [0.29, 0.717) is 0 Å². The molecule has 1 aromatic rings. The Kier molecular flexibility index (Phi) is 3.10. The Balaban J connectivity index is 3.27. The summed E-state index contributed by atoms with van der Waals surface area (Å²) in [6.07, 6.45) is 1.05. The Bertz CT molecular complexity index is 300. The van der Waals surface area contributed by atoms with E-state index in [1.54, 1.807) is 0 Å². The maximum Gasteiger partial charge on any atom is 0.0213 e. The van der Waals surface area contributed by atoms with Gasteiger partial charge in [0.05, 0.1) is 0 Å². The molecule has 0 aliphatic carbocycles. The van der Waals surface area contributed by atoms with Crippen LogP contribution in [0.1, 0.15) is 25.0 Å². The van der Waals surface area contributed by atoms with Gasteiger partial charge in [-0.2, -0.15) is 0 Å². The quantitative estimate of drug-likeness (QED) is 0.712. The third-order valence-electron chi connectivity index (χ3n) is 1.93. The molecule has 64 valence electrons. The fourth-order valence-electron chi connectivity index (χ4n) is 1.32. The molecule has 0 aliphatic heterocycles. The Hall–Kier alpha value is -0.560. The highest BCUT2D eigenvalue weighted by Crippen LogP contribution is 2.25. The highest BCUT2D eigenvalue weighted by molar-refractivity contribution is 9.10. The van der Waals surface area contributed by atoms with Crippen molar-refractivity contribution in [2.45, 2.75) is 20.3 Å². The molecule has 0 atom stereocenters. The summed E-state index contributed by atoms with van der Waals surface area (Å²) in [5.74, 6) is 0. The molecule has 0 radical (unpaired) electrons. The van der Waals surface area contributed by atoms with Crippen LogP contribution >= 0.6 is 15.9 Å². The van der Waals surface area contributed by atoms with E-state index in [1.807, 2.05) is 13.0 Å². The van der Waals surface area contributed by atoms with E-state index in [9.17, 15) is 0 Å². The van der Waals surface area contributed by atoms with Crippen molar-refractivity contribution in [2.24, 2.45) is 0 Å². The smallest absolute Gasteiger partial charge is 0.0213 e. The first-order valence-corrected chi connectivity index (χ1v) is 4.89. The molecular weight excluding hydrogens is 212 g/mol. The van der Waals surface area contributed by atoms with Gasteiger partial charge < -0.3 is 0 Å². The van der Waals surface area contributed by atoms with Crippen LogP contribution in [-0.2, 0) is 6.42 Å². The average molecular weight is 225 g/mol. The number of halogens is 1. The molecule has 1 heteroatoms. The molecule has 12 heavy (non-hydrogen) atoms.